The largest absolute Gasteiger partial charge is 0.400 e. The van der Waals surface area contributed by atoms with Crippen molar-refractivity contribution in [2.45, 2.75) is 34.6 Å². The highest BCUT2D eigenvalue weighted by atomic mass is 32.2. The minimum Gasteiger partial charge on any atom is -0.400 e. The van der Waals surface area contributed by atoms with Crippen LogP contribution >= 0.6 is 11.8 Å². The van der Waals surface area contributed by atoms with Crippen molar-refractivity contribution >= 4 is 11.8 Å². The van der Waals surface area contributed by atoms with E-state index < -0.39 is 0 Å². The lowest BCUT2D eigenvalue weighted by atomic mass is 10.2. The van der Waals surface area contributed by atoms with Crippen molar-refractivity contribution in [2.75, 3.05) is 0 Å². The van der Waals surface area contributed by atoms with Crippen LogP contribution in [0.5, 0.6) is 0 Å². The van der Waals surface area contributed by atoms with Crippen LogP contribution in [0.4, 0.5) is 0 Å². The summed E-state index contributed by atoms with van der Waals surface area (Å²) in [5.74, 6) is 0.816. The van der Waals surface area contributed by atoms with Gasteiger partial charge in [-0.1, -0.05) is 45.5 Å². The summed E-state index contributed by atoms with van der Waals surface area (Å²) in [4.78, 5) is 1.27. The highest BCUT2D eigenvalue weighted by Gasteiger charge is 2.09. The van der Waals surface area contributed by atoms with Gasteiger partial charge in [-0.25, -0.2) is 0 Å². The maximum absolute atomic E-state index is 5.91. The van der Waals surface area contributed by atoms with E-state index >= 15 is 0 Å². The molecule has 0 aliphatic heterocycles. The zero-order valence-electron chi connectivity index (χ0n) is 9.79. The van der Waals surface area contributed by atoms with E-state index in [9.17, 15) is 0 Å². The molecule has 3 heteroatoms. The first-order chi connectivity index (χ1) is 6.40. The molecular formula is C11H22N2S. The van der Waals surface area contributed by atoms with Gasteiger partial charge in [0, 0.05) is 5.70 Å². The summed E-state index contributed by atoms with van der Waals surface area (Å²) in [6, 6.07) is 0. The Morgan fingerprint density at radius 2 is 1.57 bits per heavy atom. The standard InChI is InChI=1S/C11H22N2S/c1-6-9(7(2)3)14-11(13)10(12)8(4)5/h6-8H,12-13H2,1-5H3/b9-6-,11-10-. The Bertz CT molecular complexity index is 240. The van der Waals surface area contributed by atoms with E-state index in [1.54, 1.807) is 11.8 Å². The van der Waals surface area contributed by atoms with Gasteiger partial charge in [-0.3, -0.25) is 0 Å². The van der Waals surface area contributed by atoms with E-state index in [-0.39, 0.29) is 0 Å². The number of rotatable bonds is 4. The van der Waals surface area contributed by atoms with Crippen LogP contribution in [0.15, 0.2) is 21.7 Å². The van der Waals surface area contributed by atoms with Crippen LogP contribution in [-0.4, -0.2) is 0 Å². The van der Waals surface area contributed by atoms with Gasteiger partial charge in [0.2, 0.25) is 0 Å². The van der Waals surface area contributed by atoms with Crippen molar-refractivity contribution < 1.29 is 0 Å². The molecular weight excluding hydrogens is 192 g/mol. The van der Waals surface area contributed by atoms with Gasteiger partial charge in [0.15, 0.2) is 0 Å². The summed E-state index contributed by atoms with van der Waals surface area (Å²) in [6.07, 6.45) is 2.09. The van der Waals surface area contributed by atoms with Crippen LogP contribution in [0.2, 0.25) is 0 Å². The molecule has 0 aromatic carbocycles. The Morgan fingerprint density at radius 3 is 1.86 bits per heavy atom. The molecule has 2 nitrogen and oxygen atoms in total. The zero-order chi connectivity index (χ0) is 11.3. The quantitative estimate of drug-likeness (QED) is 0.756. The van der Waals surface area contributed by atoms with E-state index in [0.717, 1.165) is 10.7 Å². The van der Waals surface area contributed by atoms with Crippen LogP contribution in [-0.2, 0) is 0 Å². The van der Waals surface area contributed by atoms with E-state index in [1.165, 1.54) is 4.91 Å². The molecule has 4 N–H and O–H groups in total. The fourth-order valence-electron chi connectivity index (χ4n) is 0.981. The minimum absolute atomic E-state index is 0.313. The van der Waals surface area contributed by atoms with Gasteiger partial charge >= 0.3 is 0 Å². The third kappa shape index (κ3) is 4.09. The zero-order valence-corrected chi connectivity index (χ0v) is 10.6. The summed E-state index contributed by atoms with van der Waals surface area (Å²) in [7, 11) is 0. The molecule has 0 atom stereocenters. The molecule has 0 rings (SSSR count). The smallest absolute Gasteiger partial charge is 0.0894 e. The number of nitrogens with two attached hydrogens (primary N) is 2. The molecule has 14 heavy (non-hydrogen) atoms. The highest BCUT2D eigenvalue weighted by molar-refractivity contribution is 8.06. The fraction of sp³-hybridized carbons (Fsp3) is 0.636. The Hall–Kier alpha value is -0.570. The summed E-state index contributed by atoms with van der Waals surface area (Å²) in [5.41, 5.74) is 12.6. The van der Waals surface area contributed by atoms with Crippen LogP contribution < -0.4 is 11.5 Å². The van der Waals surface area contributed by atoms with E-state index in [0.29, 0.717) is 11.8 Å². The van der Waals surface area contributed by atoms with Crippen molar-refractivity contribution in [1.29, 1.82) is 0 Å². The molecule has 0 radical (unpaired) electrons. The fourth-order valence-corrected chi connectivity index (χ4v) is 1.94. The van der Waals surface area contributed by atoms with Crippen LogP contribution in [0.1, 0.15) is 34.6 Å². The molecule has 0 saturated heterocycles. The maximum Gasteiger partial charge on any atom is 0.0894 e. The molecule has 0 heterocycles. The van der Waals surface area contributed by atoms with E-state index in [1.807, 2.05) is 20.8 Å². The number of hydrogen-bond acceptors (Lipinski definition) is 3. The molecule has 0 unspecified atom stereocenters. The van der Waals surface area contributed by atoms with Gasteiger partial charge in [-0.15, -0.1) is 0 Å². The van der Waals surface area contributed by atoms with E-state index in [4.69, 9.17) is 11.5 Å². The molecule has 0 bridgehead atoms. The molecule has 0 spiro atoms. The summed E-state index contributed by atoms with van der Waals surface area (Å²) in [5, 5.41) is 0.738. The van der Waals surface area contributed by atoms with Crippen LogP contribution in [0.25, 0.3) is 0 Å². The lowest BCUT2D eigenvalue weighted by molar-refractivity contribution is 0.750. The predicted molar refractivity (Wildman–Crippen MR) is 66.4 cm³/mol. The maximum atomic E-state index is 5.91. The third-order valence-corrected chi connectivity index (χ3v) is 3.39. The lowest BCUT2D eigenvalue weighted by Crippen LogP contribution is -2.13. The topological polar surface area (TPSA) is 52.0 Å². The number of thioether (sulfide) groups is 1. The Morgan fingerprint density at radius 1 is 1.07 bits per heavy atom. The molecule has 82 valence electrons. The normalized spacial score (nSPS) is 14.9. The summed E-state index contributed by atoms with van der Waals surface area (Å²) >= 11 is 1.58. The SMILES string of the molecule is C/C=C(\S/C(N)=C(\N)C(C)C)C(C)C. The third-order valence-electron chi connectivity index (χ3n) is 1.99. The molecule has 0 fully saturated rings. The second kappa shape index (κ2) is 6.02. The van der Waals surface area contributed by atoms with Gasteiger partial charge in [-0.2, -0.15) is 0 Å². The summed E-state index contributed by atoms with van der Waals surface area (Å²) in [6.45, 7) is 10.4. The van der Waals surface area contributed by atoms with Crippen molar-refractivity contribution in [1.82, 2.24) is 0 Å². The first kappa shape index (κ1) is 13.4. The Kier molecular flexibility index (Phi) is 5.77. The van der Waals surface area contributed by atoms with Gasteiger partial charge in [0.1, 0.15) is 0 Å². The first-order valence-corrected chi connectivity index (χ1v) is 5.80. The Balaban J connectivity index is 4.60. The second-order valence-corrected chi connectivity index (χ2v) is 5.04. The van der Waals surface area contributed by atoms with Gasteiger partial charge < -0.3 is 11.5 Å². The van der Waals surface area contributed by atoms with Gasteiger partial charge in [0.05, 0.1) is 5.03 Å². The molecule has 0 amide bonds. The first-order valence-electron chi connectivity index (χ1n) is 4.99. The predicted octanol–water partition coefficient (Wildman–Crippen LogP) is 3.02. The monoisotopic (exact) mass is 214 g/mol. The van der Waals surface area contributed by atoms with Gasteiger partial charge in [-0.05, 0) is 23.7 Å². The molecule has 0 saturated carbocycles. The molecule has 0 aromatic heterocycles. The second-order valence-electron chi connectivity index (χ2n) is 3.92. The summed E-state index contributed by atoms with van der Waals surface area (Å²) < 4.78 is 0. The molecule has 0 aliphatic carbocycles. The van der Waals surface area contributed by atoms with Gasteiger partial charge in [0.25, 0.3) is 0 Å². The van der Waals surface area contributed by atoms with Crippen molar-refractivity contribution in [2.24, 2.45) is 23.3 Å². The molecule has 0 aromatic rings. The average molecular weight is 214 g/mol. The Labute approximate surface area is 91.8 Å². The van der Waals surface area contributed by atoms with Crippen LogP contribution in [0, 0.1) is 11.8 Å². The lowest BCUT2D eigenvalue weighted by Gasteiger charge is -2.14. The van der Waals surface area contributed by atoms with E-state index in [2.05, 4.69) is 19.9 Å². The van der Waals surface area contributed by atoms with Crippen molar-refractivity contribution in [3.63, 3.8) is 0 Å². The highest BCUT2D eigenvalue weighted by Crippen LogP contribution is 2.30. The molecule has 0 aliphatic rings. The van der Waals surface area contributed by atoms with Crippen molar-refractivity contribution in [3.05, 3.63) is 21.7 Å². The number of hydrogen-bond donors (Lipinski definition) is 2. The van der Waals surface area contributed by atoms with Crippen molar-refractivity contribution in [3.8, 4) is 0 Å². The average Bonchev–Trinajstić information content (AvgIpc) is 2.11. The number of allylic oxidation sites excluding steroid dienone is 3. The van der Waals surface area contributed by atoms with Crippen LogP contribution in [0.3, 0.4) is 0 Å². The minimum atomic E-state index is 0.313.